The lowest BCUT2D eigenvalue weighted by Gasteiger charge is -2.15. The van der Waals surface area contributed by atoms with E-state index in [9.17, 15) is 23.3 Å². The van der Waals surface area contributed by atoms with Gasteiger partial charge in [0, 0.05) is 37.8 Å². The summed E-state index contributed by atoms with van der Waals surface area (Å²) in [7, 11) is 1.52. The average molecular weight is 382 g/mol. The first-order chi connectivity index (χ1) is 12.8. The summed E-state index contributed by atoms with van der Waals surface area (Å²) in [4.78, 5) is 14.1. The van der Waals surface area contributed by atoms with E-state index in [-0.39, 0.29) is 18.0 Å². The van der Waals surface area contributed by atoms with Crippen molar-refractivity contribution in [3.8, 4) is 5.75 Å². The Morgan fingerprint density at radius 2 is 1.74 bits per heavy atom. The fourth-order valence-corrected chi connectivity index (χ4v) is 2.19. The van der Waals surface area contributed by atoms with Crippen molar-refractivity contribution in [1.29, 1.82) is 0 Å². The smallest absolute Gasteiger partial charge is 0.405 e. The van der Waals surface area contributed by atoms with Crippen LogP contribution in [0.5, 0.6) is 5.75 Å². The van der Waals surface area contributed by atoms with Gasteiger partial charge in [-0.1, -0.05) is 30.3 Å². The highest BCUT2D eigenvalue weighted by atomic mass is 19.4. The number of benzene rings is 2. The molecular weight excluding hydrogens is 365 g/mol. The SMILES string of the molecule is CN=C(NCc1ccc([N+](=O)[O-])cc1)NCc1ccccc1OC(F)(F)F. The number of nitro benzene ring substituents is 1. The molecule has 0 bridgehead atoms. The summed E-state index contributed by atoms with van der Waals surface area (Å²) in [6.07, 6.45) is -4.77. The van der Waals surface area contributed by atoms with Gasteiger partial charge in [-0.25, -0.2) is 0 Å². The van der Waals surface area contributed by atoms with E-state index in [1.807, 2.05) is 0 Å². The number of nitrogens with one attached hydrogen (secondary N) is 2. The molecule has 2 aromatic carbocycles. The first kappa shape index (κ1) is 20.0. The van der Waals surface area contributed by atoms with Crippen molar-refractivity contribution in [1.82, 2.24) is 10.6 Å². The maximum Gasteiger partial charge on any atom is 0.573 e. The highest BCUT2D eigenvalue weighted by Crippen LogP contribution is 2.26. The molecule has 0 unspecified atom stereocenters. The van der Waals surface area contributed by atoms with Gasteiger partial charge in [0.2, 0.25) is 0 Å². The van der Waals surface area contributed by atoms with Crippen molar-refractivity contribution >= 4 is 11.6 Å². The van der Waals surface area contributed by atoms with Gasteiger partial charge in [0.15, 0.2) is 5.96 Å². The molecule has 0 amide bonds. The molecule has 144 valence electrons. The third-order valence-corrected chi connectivity index (χ3v) is 3.48. The number of nitrogens with zero attached hydrogens (tertiary/aromatic N) is 2. The van der Waals surface area contributed by atoms with Crippen LogP contribution < -0.4 is 15.4 Å². The Balaban J connectivity index is 1.93. The monoisotopic (exact) mass is 382 g/mol. The van der Waals surface area contributed by atoms with Crippen molar-refractivity contribution in [2.24, 2.45) is 4.99 Å². The molecule has 7 nitrogen and oxygen atoms in total. The van der Waals surface area contributed by atoms with Crippen molar-refractivity contribution < 1.29 is 22.8 Å². The zero-order valence-corrected chi connectivity index (χ0v) is 14.3. The van der Waals surface area contributed by atoms with E-state index in [2.05, 4.69) is 20.4 Å². The molecule has 0 atom stereocenters. The molecule has 0 spiro atoms. The lowest BCUT2D eigenvalue weighted by molar-refractivity contribution is -0.384. The summed E-state index contributed by atoms with van der Waals surface area (Å²) in [5.74, 6) is 0.0680. The maximum absolute atomic E-state index is 12.5. The van der Waals surface area contributed by atoms with Gasteiger partial charge in [0.05, 0.1) is 4.92 Å². The number of hydrogen-bond acceptors (Lipinski definition) is 4. The maximum atomic E-state index is 12.5. The van der Waals surface area contributed by atoms with Gasteiger partial charge in [0.1, 0.15) is 5.75 Å². The number of aliphatic imine (C=N–C) groups is 1. The molecule has 2 N–H and O–H groups in total. The fraction of sp³-hybridized carbons (Fsp3) is 0.235. The Morgan fingerprint density at radius 1 is 1.11 bits per heavy atom. The summed E-state index contributed by atoms with van der Waals surface area (Å²) in [5.41, 5.74) is 1.08. The van der Waals surface area contributed by atoms with Crippen molar-refractivity contribution in [2.75, 3.05) is 7.05 Å². The third kappa shape index (κ3) is 6.49. The lowest BCUT2D eigenvalue weighted by Crippen LogP contribution is -2.36. The molecule has 2 aromatic rings. The van der Waals surface area contributed by atoms with E-state index in [1.54, 1.807) is 18.2 Å². The standard InChI is InChI=1S/C17H17F3N4O3/c1-21-16(22-10-12-6-8-14(9-7-12)24(25)26)23-11-13-4-2-3-5-15(13)27-17(18,19)20/h2-9H,10-11H2,1H3,(H2,21,22,23). The minimum Gasteiger partial charge on any atom is -0.405 e. The van der Waals surface area contributed by atoms with Crippen LogP contribution in [0.15, 0.2) is 53.5 Å². The predicted molar refractivity (Wildman–Crippen MR) is 93.3 cm³/mol. The van der Waals surface area contributed by atoms with Crippen molar-refractivity contribution in [3.63, 3.8) is 0 Å². The number of ether oxygens (including phenoxy) is 1. The minimum atomic E-state index is -4.77. The second kappa shape index (κ2) is 8.88. The molecule has 0 aliphatic carbocycles. The number of guanidine groups is 1. The Kier molecular flexibility index (Phi) is 6.58. The fourth-order valence-electron chi connectivity index (χ4n) is 2.19. The first-order valence-electron chi connectivity index (χ1n) is 7.80. The summed E-state index contributed by atoms with van der Waals surface area (Å²) in [6, 6.07) is 11.8. The summed E-state index contributed by atoms with van der Waals surface area (Å²) >= 11 is 0. The third-order valence-electron chi connectivity index (χ3n) is 3.48. The molecule has 2 rings (SSSR count). The molecule has 0 saturated heterocycles. The Bertz CT molecular complexity index is 808. The van der Waals surface area contributed by atoms with Crippen molar-refractivity contribution in [3.05, 3.63) is 69.8 Å². The van der Waals surface area contributed by atoms with Crippen LogP contribution in [0.3, 0.4) is 0 Å². The second-order valence-electron chi connectivity index (χ2n) is 5.36. The van der Waals surface area contributed by atoms with E-state index >= 15 is 0 Å². The number of halogens is 3. The Labute approximate surface area is 153 Å². The van der Waals surface area contributed by atoms with Gasteiger partial charge < -0.3 is 15.4 Å². The minimum absolute atomic E-state index is 0.0115. The number of para-hydroxylation sites is 1. The Hall–Kier alpha value is -3.30. The van der Waals surface area contributed by atoms with E-state index in [0.717, 1.165) is 5.56 Å². The van der Waals surface area contributed by atoms with Crippen LogP contribution in [0.1, 0.15) is 11.1 Å². The van der Waals surface area contributed by atoms with E-state index < -0.39 is 11.3 Å². The van der Waals surface area contributed by atoms with Gasteiger partial charge >= 0.3 is 6.36 Å². The molecule has 0 fully saturated rings. The van der Waals surface area contributed by atoms with Crippen molar-refractivity contribution in [2.45, 2.75) is 19.5 Å². The number of rotatable bonds is 6. The van der Waals surface area contributed by atoms with Crippen LogP contribution in [-0.2, 0) is 13.1 Å². The van der Waals surface area contributed by atoms with Gasteiger partial charge in [-0.05, 0) is 11.6 Å². The average Bonchev–Trinajstić information content (AvgIpc) is 2.62. The molecule has 0 aromatic heterocycles. The largest absolute Gasteiger partial charge is 0.573 e. The zero-order chi connectivity index (χ0) is 19.9. The van der Waals surface area contributed by atoms with Gasteiger partial charge in [0.25, 0.3) is 5.69 Å². The summed E-state index contributed by atoms with van der Waals surface area (Å²) in [5, 5.41) is 16.5. The molecule has 0 radical (unpaired) electrons. The molecule has 10 heteroatoms. The van der Waals surface area contributed by atoms with Crippen LogP contribution in [-0.4, -0.2) is 24.3 Å². The molecule has 0 saturated carbocycles. The second-order valence-corrected chi connectivity index (χ2v) is 5.36. The predicted octanol–water partition coefficient (Wildman–Crippen LogP) is 3.36. The highest BCUT2D eigenvalue weighted by Gasteiger charge is 2.31. The van der Waals surface area contributed by atoms with Crippen LogP contribution in [0.4, 0.5) is 18.9 Å². The number of non-ortho nitro benzene ring substituents is 1. The number of hydrogen-bond donors (Lipinski definition) is 2. The lowest BCUT2D eigenvalue weighted by atomic mass is 10.2. The molecule has 0 aliphatic heterocycles. The van der Waals surface area contributed by atoms with E-state index in [1.165, 1.54) is 37.4 Å². The van der Waals surface area contributed by atoms with Crippen LogP contribution in [0, 0.1) is 10.1 Å². The van der Waals surface area contributed by atoms with Gasteiger partial charge in [-0.15, -0.1) is 13.2 Å². The molecule has 0 aliphatic rings. The van der Waals surface area contributed by atoms with Crippen LogP contribution in [0.2, 0.25) is 0 Å². The Morgan fingerprint density at radius 3 is 2.33 bits per heavy atom. The summed E-state index contributed by atoms with van der Waals surface area (Å²) in [6.45, 7) is 0.393. The quantitative estimate of drug-likeness (QED) is 0.346. The summed E-state index contributed by atoms with van der Waals surface area (Å²) < 4.78 is 41.4. The van der Waals surface area contributed by atoms with Gasteiger partial charge in [-0.2, -0.15) is 0 Å². The number of alkyl halides is 3. The number of nitro groups is 1. The highest BCUT2D eigenvalue weighted by molar-refractivity contribution is 5.79. The normalized spacial score (nSPS) is 11.8. The van der Waals surface area contributed by atoms with Gasteiger partial charge in [-0.3, -0.25) is 15.1 Å². The van der Waals surface area contributed by atoms with Crippen LogP contribution >= 0.6 is 0 Å². The van der Waals surface area contributed by atoms with Crippen LogP contribution in [0.25, 0.3) is 0 Å². The zero-order valence-electron chi connectivity index (χ0n) is 14.3. The topological polar surface area (TPSA) is 88.8 Å². The van der Waals surface area contributed by atoms with E-state index in [4.69, 9.17) is 0 Å². The first-order valence-corrected chi connectivity index (χ1v) is 7.80. The molecule has 27 heavy (non-hydrogen) atoms. The van der Waals surface area contributed by atoms with E-state index in [0.29, 0.717) is 18.1 Å². The molecular formula is C17H17F3N4O3. The molecule has 0 heterocycles.